The standard InChI is InChI=1S/C14H16O6/c1-9(15)20-13(16)6-5-10-7-11(17-2)14(19-4)12(8-10)18-3/h5-8H,1-4H3/b6-5+. The van der Waals surface area contributed by atoms with Crippen molar-refractivity contribution in [2.24, 2.45) is 0 Å². The van der Waals surface area contributed by atoms with Crippen LogP contribution in [-0.4, -0.2) is 33.3 Å². The molecule has 1 aromatic rings. The first-order valence-corrected chi connectivity index (χ1v) is 5.72. The molecule has 0 bridgehead atoms. The second kappa shape index (κ2) is 7.18. The smallest absolute Gasteiger partial charge is 0.338 e. The number of hydrogen-bond acceptors (Lipinski definition) is 6. The summed E-state index contributed by atoms with van der Waals surface area (Å²) in [6, 6.07) is 3.33. The molecule has 0 amide bonds. The average molecular weight is 280 g/mol. The van der Waals surface area contributed by atoms with Crippen molar-refractivity contribution in [3.63, 3.8) is 0 Å². The Balaban J connectivity index is 3.04. The van der Waals surface area contributed by atoms with E-state index in [9.17, 15) is 9.59 Å². The molecule has 0 unspecified atom stereocenters. The Morgan fingerprint density at radius 2 is 1.55 bits per heavy atom. The summed E-state index contributed by atoms with van der Waals surface area (Å²) >= 11 is 0. The summed E-state index contributed by atoms with van der Waals surface area (Å²) in [4.78, 5) is 21.9. The van der Waals surface area contributed by atoms with E-state index >= 15 is 0 Å². The van der Waals surface area contributed by atoms with Gasteiger partial charge in [-0.2, -0.15) is 0 Å². The van der Waals surface area contributed by atoms with Gasteiger partial charge in [-0.05, 0) is 23.8 Å². The lowest BCUT2D eigenvalue weighted by atomic mass is 10.1. The number of hydrogen-bond donors (Lipinski definition) is 0. The van der Waals surface area contributed by atoms with Gasteiger partial charge in [0.25, 0.3) is 0 Å². The molecule has 0 aliphatic heterocycles. The first kappa shape index (κ1) is 15.6. The van der Waals surface area contributed by atoms with Gasteiger partial charge in [0.15, 0.2) is 11.5 Å². The lowest BCUT2D eigenvalue weighted by Gasteiger charge is -2.12. The SMILES string of the molecule is COc1cc(/C=C/C(=O)OC(C)=O)cc(OC)c1OC. The zero-order chi connectivity index (χ0) is 15.1. The van der Waals surface area contributed by atoms with Crippen molar-refractivity contribution >= 4 is 18.0 Å². The lowest BCUT2D eigenvalue weighted by molar-refractivity contribution is -0.154. The maximum Gasteiger partial charge on any atom is 0.338 e. The van der Waals surface area contributed by atoms with E-state index in [4.69, 9.17) is 14.2 Å². The minimum Gasteiger partial charge on any atom is -0.493 e. The fourth-order valence-corrected chi connectivity index (χ4v) is 1.54. The van der Waals surface area contributed by atoms with Crippen LogP contribution < -0.4 is 14.2 Å². The van der Waals surface area contributed by atoms with Crippen molar-refractivity contribution in [3.05, 3.63) is 23.8 Å². The Kier molecular flexibility index (Phi) is 5.58. The van der Waals surface area contributed by atoms with Crippen LogP contribution in [0.2, 0.25) is 0 Å². The van der Waals surface area contributed by atoms with Crippen molar-refractivity contribution in [1.29, 1.82) is 0 Å². The zero-order valence-electron chi connectivity index (χ0n) is 11.8. The van der Waals surface area contributed by atoms with Gasteiger partial charge in [-0.1, -0.05) is 0 Å². The van der Waals surface area contributed by atoms with Crippen LogP contribution in [0.4, 0.5) is 0 Å². The normalized spacial score (nSPS) is 10.2. The van der Waals surface area contributed by atoms with Gasteiger partial charge in [-0.25, -0.2) is 4.79 Å². The van der Waals surface area contributed by atoms with E-state index in [2.05, 4.69) is 4.74 Å². The van der Waals surface area contributed by atoms with E-state index in [1.54, 1.807) is 12.1 Å². The minimum absolute atomic E-state index is 0.457. The summed E-state index contributed by atoms with van der Waals surface area (Å²) in [5.41, 5.74) is 0.639. The number of esters is 2. The van der Waals surface area contributed by atoms with Crippen LogP contribution in [-0.2, 0) is 14.3 Å². The Labute approximate surface area is 116 Å². The minimum atomic E-state index is -0.744. The molecule has 1 rings (SSSR count). The fraction of sp³-hybridized carbons (Fsp3) is 0.286. The molecule has 0 N–H and O–H groups in total. The van der Waals surface area contributed by atoms with E-state index in [-0.39, 0.29) is 0 Å². The predicted molar refractivity (Wildman–Crippen MR) is 71.9 cm³/mol. The first-order valence-electron chi connectivity index (χ1n) is 5.72. The molecule has 108 valence electrons. The van der Waals surface area contributed by atoms with Crippen LogP contribution in [0.3, 0.4) is 0 Å². The van der Waals surface area contributed by atoms with Crippen LogP contribution in [0.25, 0.3) is 6.08 Å². The molecular formula is C14H16O6. The summed E-state index contributed by atoms with van der Waals surface area (Å²) in [5.74, 6) is -0.0212. The van der Waals surface area contributed by atoms with Crippen LogP contribution in [0.5, 0.6) is 17.2 Å². The highest BCUT2D eigenvalue weighted by atomic mass is 16.6. The van der Waals surface area contributed by atoms with Crippen molar-refractivity contribution in [2.45, 2.75) is 6.92 Å². The Hall–Kier alpha value is -2.50. The van der Waals surface area contributed by atoms with E-state index < -0.39 is 11.9 Å². The highest BCUT2D eigenvalue weighted by molar-refractivity contribution is 5.94. The monoisotopic (exact) mass is 280 g/mol. The van der Waals surface area contributed by atoms with Crippen LogP contribution >= 0.6 is 0 Å². The Morgan fingerprint density at radius 3 is 1.95 bits per heavy atom. The molecule has 0 heterocycles. The summed E-state index contributed by atoms with van der Waals surface area (Å²) in [5, 5.41) is 0. The number of ether oxygens (including phenoxy) is 4. The topological polar surface area (TPSA) is 71.1 Å². The number of carbonyl (C=O) groups excluding carboxylic acids is 2. The summed E-state index contributed by atoms with van der Waals surface area (Å²) in [6.07, 6.45) is 2.62. The van der Waals surface area contributed by atoms with Crippen LogP contribution in [0, 0.1) is 0 Å². The zero-order valence-corrected chi connectivity index (χ0v) is 11.8. The van der Waals surface area contributed by atoms with Crippen molar-refractivity contribution in [1.82, 2.24) is 0 Å². The number of methoxy groups -OCH3 is 3. The molecule has 0 aliphatic rings. The molecule has 0 saturated heterocycles. The van der Waals surface area contributed by atoms with Crippen molar-refractivity contribution in [3.8, 4) is 17.2 Å². The molecule has 20 heavy (non-hydrogen) atoms. The van der Waals surface area contributed by atoms with Gasteiger partial charge in [0.1, 0.15) is 0 Å². The Bertz CT molecular complexity index is 507. The van der Waals surface area contributed by atoms with Crippen molar-refractivity contribution in [2.75, 3.05) is 21.3 Å². The lowest BCUT2D eigenvalue weighted by Crippen LogP contribution is -2.05. The number of benzene rings is 1. The molecule has 1 aromatic carbocycles. The number of carbonyl (C=O) groups is 2. The van der Waals surface area contributed by atoms with Gasteiger partial charge < -0.3 is 18.9 Å². The fourth-order valence-electron chi connectivity index (χ4n) is 1.54. The van der Waals surface area contributed by atoms with Gasteiger partial charge in [0.2, 0.25) is 5.75 Å². The predicted octanol–water partition coefficient (Wildman–Crippen LogP) is 1.82. The van der Waals surface area contributed by atoms with Gasteiger partial charge in [-0.3, -0.25) is 4.79 Å². The highest BCUT2D eigenvalue weighted by Gasteiger charge is 2.12. The summed E-state index contributed by atoms with van der Waals surface area (Å²) in [7, 11) is 4.49. The van der Waals surface area contributed by atoms with Crippen LogP contribution in [0.15, 0.2) is 18.2 Å². The quantitative estimate of drug-likeness (QED) is 0.465. The molecule has 0 aliphatic carbocycles. The molecule has 0 saturated carbocycles. The van der Waals surface area contributed by atoms with E-state index in [0.29, 0.717) is 22.8 Å². The van der Waals surface area contributed by atoms with E-state index in [1.165, 1.54) is 27.4 Å². The average Bonchev–Trinajstić information content (AvgIpc) is 2.42. The largest absolute Gasteiger partial charge is 0.493 e. The van der Waals surface area contributed by atoms with Gasteiger partial charge in [0.05, 0.1) is 21.3 Å². The maximum atomic E-state index is 11.2. The molecule has 6 heteroatoms. The summed E-state index contributed by atoms with van der Waals surface area (Å²) in [6.45, 7) is 1.16. The maximum absolute atomic E-state index is 11.2. The third-order valence-electron chi connectivity index (χ3n) is 2.34. The highest BCUT2D eigenvalue weighted by Crippen LogP contribution is 2.38. The molecule has 0 fully saturated rings. The van der Waals surface area contributed by atoms with Crippen molar-refractivity contribution < 1.29 is 28.5 Å². The molecule has 0 spiro atoms. The molecule has 6 nitrogen and oxygen atoms in total. The van der Waals surface area contributed by atoms with Gasteiger partial charge in [-0.15, -0.1) is 0 Å². The molecule has 0 atom stereocenters. The van der Waals surface area contributed by atoms with Gasteiger partial charge in [0, 0.05) is 13.0 Å². The third-order valence-corrected chi connectivity index (χ3v) is 2.34. The first-order chi connectivity index (χ1) is 9.51. The summed E-state index contributed by atoms with van der Waals surface area (Å²) < 4.78 is 19.9. The van der Waals surface area contributed by atoms with Gasteiger partial charge >= 0.3 is 11.9 Å². The second-order valence-electron chi connectivity index (χ2n) is 3.70. The van der Waals surface area contributed by atoms with E-state index in [0.717, 1.165) is 13.0 Å². The molecular weight excluding hydrogens is 264 g/mol. The van der Waals surface area contributed by atoms with E-state index in [1.807, 2.05) is 0 Å². The molecule has 0 aromatic heterocycles. The third kappa shape index (κ3) is 4.01. The number of rotatable bonds is 5. The molecule has 0 radical (unpaired) electrons. The van der Waals surface area contributed by atoms with Crippen LogP contribution in [0.1, 0.15) is 12.5 Å². The Morgan fingerprint density at radius 1 is 1.00 bits per heavy atom. The second-order valence-corrected chi connectivity index (χ2v) is 3.70.